The molecule has 0 aliphatic heterocycles. The molecule has 0 amide bonds. The Morgan fingerprint density at radius 1 is 0.833 bits per heavy atom. The van der Waals surface area contributed by atoms with Crippen LogP contribution in [-0.2, 0) is 0 Å². The smallest absolute Gasteiger partial charge is 0.207 e. The topological polar surface area (TPSA) is 0 Å². The van der Waals surface area contributed by atoms with Gasteiger partial charge in [-0.3, -0.25) is 0 Å². The van der Waals surface area contributed by atoms with E-state index in [0.717, 1.165) is 12.8 Å². The zero-order valence-corrected chi connectivity index (χ0v) is 10.5. The summed E-state index contributed by atoms with van der Waals surface area (Å²) in [6.07, 6.45) is 1.94. The zero-order valence-electron chi connectivity index (χ0n) is 10.5. The van der Waals surface area contributed by atoms with E-state index in [1.165, 1.54) is 6.42 Å². The highest BCUT2D eigenvalue weighted by Crippen LogP contribution is 2.21. The number of hydrogen-bond acceptors (Lipinski definition) is 0. The Balaban J connectivity index is -0.0000000359. The van der Waals surface area contributed by atoms with Gasteiger partial charge in [-0.1, -0.05) is 70.7 Å². The van der Waals surface area contributed by atoms with Crippen LogP contribution in [0.5, 0.6) is 0 Å². The molecule has 0 bridgehead atoms. The average molecular weight is 273 g/mol. The van der Waals surface area contributed by atoms with Gasteiger partial charge in [-0.2, -0.15) is 0 Å². The van der Waals surface area contributed by atoms with Gasteiger partial charge in [0.15, 0.2) is 0 Å². The molecule has 0 aromatic rings. The molecule has 0 aliphatic carbocycles. The lowest BCUT2D eigenvalue weighted by Crippen LogP contribution is -2.10. The second-order valence-corrected chi connectivity index (χ2v) is 4.80. The lowest BCUT2D eigenvalue weighted by molar-refractivity contribution is 0.00782. The van der Waals surface area contributed by atoms with Crippen LogP contribution in [-0.4, -0.2) is 5.92 Å². The molecule has 0 spiro atoms. The van der Waals surface area contributed by atoms with Crippen molar-refractivity contribution in [3.8, 4) is 0 Å². The van der Waals surface area contributed by atoms with Gasteiger partial charge in [0.1, 0.15) is 0 Å². The van der Waals surface area contributed by atoms with Gasteiger partial charge in [-0.15, -0.1) is 0 Å². The molecule has 18 heavy (non-hydrogen) atoms. The van der Waals surface area contributed by atoms with Gasteiger partial charge in [-0.05, 0) is 25.2 Å². The lowest BCUT2D eigenvalue weighted by atomic mass is 10.1. The maximum absolute atomic E-state index is 12.1. The molecule has 0 N–H and O–H groups in total. The summed E-state index contributed by atoms with van der Waals surface area (Å²) in [5.41, 5.74) is 0. The molecule has 0 atom stereocenters. The van der Waals surface area contributed by atoms with Crippen LogP contribution in [0.4, 0.5) is 8.78 Å². The summed E-state index contributed by atoms with van der Waals surface area (Å²) in [7, 11) is 0. The molecule has 0 saturated heterocycles. The van der Waals surface area contributed by atoms with E-state index in [1.54, 1.807) is 0 Å². The van der Waals surface area contributed by atoms with Crippen LogP contribution in [0.2, 0.25) is 0 Å². The van der Waals surface area contributed by atoms with Crippen LogP contribution >= 0.6 is 0 Å². The number of halogens is 2. The third-order valence-corrected chi connectivity index (χ3v) is 1.98. The summed E-state index contributed by atoms with van der Waals surface area (Å²) in [5.74, 6) is -1.20. The molecule has 0 saturated carbocycles. The summed E-state index contributed by atoms with van der Waals surface area (Å²) >= 11 is 0. The van der Waals surface area contributed by atoms with E-state index in [9.17, 15) is 8.78 Å². The zero-order chi connectivity index (χ0) is 11.8. The van der Waals surface area contributed by atoms with Crippen molar-refractivity contribution in [2.45, 2.75) is 96.4 Å². The van der Waals surface area contributed by atoms with Crippen molar-refractivity contribution in [1.82, 2.24) is 0 Å². The van der Waals surface area contributed by atoms with Crippen LogP contribution in [0.25, 0.3) is 0 Å². The minimum Gasteiger partial charge on any atom is -0.207 e. The Morgan fingerprint density at radius 2 is 1.11 bits per heavy atom. The first kappa shape index (κ1) is 36.1. The van der Waals surface area contributed by atoms with Crippen molar-refractivity contribution in [3.63, 3.8) is 0 Å². The van der Waals surface area contributed by atoms with Gasteiger partial charge in [0, 0.05) is 6.42 Å². The molecule has 0 aromatic carbocycles. The highest BCUT2D eigenvalue weighted by Gasteiger charge is 2.20. The van der Waals surface area contributed by atoms with Crippen molar-refractivity contribution in [2.24, 2.45) is 11.8 Å². The van der Waals surface area contributed by atoms with Crippen molar-refractivity contribution in [1.29, 1.82) is 0 Å². The molecule has 0 heterocycles. The van der Waals surface area contributed by atoms with E-state index in [4.69, 9.17) is 0 Å². The Labute approximate surface area is 118 Å². The second-order valence-electron chi connectivity index (χ2n) is 4.80. The molecular weight excluding hydrogens is 230 g/mol. The fourth-order valence-corrected chi connectivity index (χ4v) is 0.542. The summed E-state index contributed by atoms with van der Waals surface area (Å²) in [5, 5.41) is 0. The maximum atomic E-state index is 12.1. The minimum atomic E-state index is -2.47. The van der Waals surface area contributed by atoms with Crippen LogP contribution in [0.1, 0.15) is 90.5 Å². The molecular formula is C16H42F2. The fraction of sp³-hybridized carbons (Fsp3) is 1.00. The van der Waals surface area contributed by atoms with Crippen LogP contribution < -0.4 is 0 Å². The number of rotatable bonds is 4. The predicted molar refractivity (Wildman–Crippen MR) is 86.7 cm³/mol. The van der Waals surface area contributed by atoms with E-state index in [-0.39, 0.29) is 36.1 Å². The molecule has 0 unspecified atom stereocenters. The largest absolute Gasteiger partial charge is 0.245 e. The van der Waals surface area contributed by atoms with Crippen LogP contribution in [0.3, 0.4) is 0 Å². The van der Waals surface area contributed by atoms with Crippen LogP contribution in [0.15, 0.2) is 0 Å². The minimum absolute atomic E-state index is 0. The molecule has 0 fully saturated rings. The van der Waals surface area contributed by atoms with Crippen molar-refractivity contribution in [2.75, 3.05) is 0 Å². The monoisotopic (exact) mass is 272 g/mol. The predicted octanol–water partition coefficient (Wildman–Crippen LogP) is 7.67. The summed E-state index contributed by atoms with van der Waals surface area (Å²) in [6.45, 7) is 11.5. The summed E-state index contributed by atoms with van der Waals surface area (Å²) in [6, 6.07) is 0. The standard InChI is InChI=1S/C7H14F2.C5H12.4CH4/c1-6(2)4-5-7(3,8)9;1-4-5(2)3;;;;/h6H,4-5H2,1-3H3;5H,4H2,1-3H3;4*1H4. The van der Waals surface area contributed by atoms with E-state index in [1.807, 2.05) is 13.8 Å². The van der Waals surface area contributed by atoms with Crippen molar-refractivity contribution >= 4 is 0 Å². The Morgan fingerprint density at radius 3 is 1.17 bits per heavy atom. The molecule has 0 aromatic heterocycles. The van der Waals surface area contributed by atoms with Gasteiger partial charge in [0.25, 0.3) is 0 Å². The average Bonchev–Trinajstić information content (AvgIpc) is 2.01. The molecule has 0 rings (SSSR count). The number of hydrogen-bond donors (Lipinski definition) is 0. The quantitative estimate of drug-likeness (QED) is 0.492. The molecule has 0 aliphatic rings. The Bertz CT molecular complexity index is 113. The Kier molecular flexibility index (Phi) is 38.5. The first-order valence-electron chi connectivity index (χ1n) is 5.56. The summed E-state index contributed by atoms with van der Waals surface area (Å²) in [4.78, 5) is 0. The highest BCUT2D eigenvalue weighted by atomic mass is 19.3. The van der Waals surface area contributed by atoms with Gasteiger partial charge in [-0.25, -0.2) is 8.78 Å². The third kappa shape index (κ3) is 56.7. The molecule has 120 valence electrons. The van der Waals surface area contributed by atoms with E-state index < -0.39 is 5.92 Å². The first-order chi connectivity index (χ1) is 6.19. The van der Waals surface area contributed by atoms with Gasteiger partial charge >= 0.3 is 0 Å². The van der Waals surface area contributed by atoms with E-state index in [2.05, 4.69) is 20.8 Å². The van der Waals surface area contributed by atoms with Gasteiger partial charge in [0.05, 0.1) is 0 Å². The van der Waals surface area contributed by atoms with Crippen molar-refractivity contribution in [3.05, 3.63) is 0 Å². The normalized spacial score (nSPS) is 9.00. The van der Waals surface area contributed by atoms with Gasteiger partial charge in [0.2, 0.25) is 5.92 Å². The van der Waals surface area contributed by atoms with Gasteiger partial charge < -0.3 is 0 Å². The molecule has 0 radical (unpaired) electrons. The molecule has 0 nitrogen and oxygen atoms in total. The van der Waals surface area contributed by atoms with E-state index in [0.29, 0.717) is 12.3 Å². The molecule has 2 heteroatoms. The maximum Gasteiger partial charge on any atom is 0.245 e. The number of alkyl halides is 2. The van der Waals surface area contributed by atoms with E-state index >= 15 is 0 Å². The fourth-order valence-electron chi connectivity index (χ4n) is 0.542. The SMILES string of the molecule is C.C.C.C.CC(C)CCC(C)(F)F.CCC(C)C. The lowest BCUT2D eigenvalue weighted by Gasteiger charge is -2.10. The Hall–Kier alpha value is -0.140. The first-order valence-corrected chi connectivity index (χ1v) is 5.56. The summed E-state index contributed by atoms with van der Waals surface area (Å²) < 4.78 is 24.2. The second kappa shape index (κ2) is 19.2. The van der Waals surface area contributed by atoms with Crippen LogP contribution in [0, 0.1) is 11.8 Å². The third-order valence-electron chi connectivity index (χ3n) is 1.98. The van der Waals surface area contributed by atoms with Crippen molar-refractivity contribution < 1.29 is 8.78 Å². The highest BCUT2D eigenvalue weighted by molar-refractivity contribution is 4.58.